The lowest BCUT2D eigenvalue weighted by molar-refractivity contribution is 0.0404. The second-order valence-electron chi connectivity index (χ2n) is 4.53. The van der Waals surface area contributed by atoms with E-state index in [-0.39, 0.29) is 6.10 Å². The zero-order chi connectivity index (χ0) is 12.5. The van der Waals surface area contributed by atoms with Gasteiger partial charge in [-0.1, -0.05) is 0 Å². The van der Waals surface area contributed by atoms with Gasteiger partial charge in [0.25, 0.3) is 0 Å². The van der Waals surface area contributed by atoms with Gasteiger partial charge in [0.15, 0.2) is 5.82 Å². The van der Waals surface area contributed by atoms with E-state index in [0.29, 0.717) is 12.5 Å². The Morgan fingerprint density at radius 1 is 1.50 bits per heavy atom. The maximum absolute atomic E-state index is 5.83. The molecule has 0 saturated heterocycles. The zero-order valence-corrected chi connectivity index (χ0v) is 11.5. The summed E-state index contributed by atoms with van der Waals surface area (Å²) >= 11 is 1.65. The Bertz CT molecular complexity index is 550. The topological polar surface area (TPSA) is 47.0 Å². The first-order chi connectivity index (χ1) is 8.83. The maximum Gasteiger partial charge on any atom is 0.161 e. The average Bonchev–Trinajstić information content (AvgIpc) is 3.11. The minimum Gasteiger partial charge on any atom is -0.372 e. The highest BCUT2D eigenvalue weighted by molar-refractivity contribution is 7.16. The molecule has 0 aromatic carbocycles. The van der Waals surface area contributed by atoms with Crippen LogP contribution in [0.5, 0.6) is 0 Å². The number of hydrogen-bond acceptors (Lipinski definition) is 5. The maximum atomic E-state index is 5.83. The molecule has 2 aromatic heterocycles. The van der Waals surface area contributed by atoms with Gasteiger partial charge in [-0.05, 0) is 37.1 Å². The number of ether oxygens (including phenoxy) is 1. The fraction of sp³-hybridized carbons (Fsp3) is 0.538. The zero-order valence-electron chi connectivity index (χ0n) is 10.6. The Balaban J connectivity index is 2.04. The molecule has 0 amide bonds. The van der Waals surface area contributed by atoms with E-state index in [2.05, 4.69) is 26.7 Å². The van der Waals surface area contributed by atoms with E-state index in [1.165, 1.54) is 12.8 Å². The van der Waals surface area contributed by atoms with Gasteiger partial charge in [0, 0.05) is 13.7 Å². The number of nitrogens with one attached hydrogen (secondary N) is 1. The van der Waals surface area contributed by atoms with Gasteiger partial charge in [-0.15, -0.1) is 11.3 Å². The van der Waals surface area contributed by atoms with Crippen LogP contribution >= 0.6 is 11.3 Å². The van der Waals surface area contributed by atoms with E-state index < -0.39 is 0 Å². The van der Waals surface area contributed by atoms with Crippen LogP contribution in [0, 0.1) is 5.92 Å². The van der Waals surface area contributed by atoms with Gasteiger partial charge < -0.3 is 10.1 Å². The van der Waals surface area contributed by atoms with Crippen molar-refractivity contribution in [1.29, 1.82) is 0 Å². The molecule has 0 spiro atoms. The summed E-state index contributed by atoms with van der Waals surface area (Å²) in [5.74, 6) is 2.34. The van der Waals surface area contributed by atoms with Crippen molar-refractivity contribution >= 4 is 27.4 Å². The van der Waals surface area contributed by atoms with E-state index in [4.69, 9.17) is 4.74 Å². The van der Waals surface area contributed by atoms with Crippen LogP contribution in [-0.2, 0) is 4.74 Å². The minimum atomic E-state index is 0.0635. The lowest BCUT2D eigenvalue weighted by Gasteiger charge is -2.15. The smallest absolute Gasteiger partial charge is 0.161 e. The Hall–Kier alpha value is -1.20. The van der Waals surface area contributed by atoms with Gasteiger partial charge in [-0.2, -0.15) is 0 Å². The Kier molecular flexibility index (Phi) is 3.18. The molecule has 18 heavy (non-hydrogen) atoms. The van der Waals surface area contributed by atoms with Crippen LogP contribution in [0.2, 0.25) is 0 Å². The van der Waals surface area contributed by atoms with Crippen LogP contribution in [0.25, 0.3) is 10.2 Å². The molecule has 2 aromatic rings. The average molecular weight is 263 g/mol. The predicted octanol–water partition coefficient (Wildman–Crippen LogP) is 3.22. The third-order valence-electron chi connectivity index (χ3n) is 3.23. The van der Waals surface area contributed by atoms with Gasteiger partial charge in [-0.3, -0.25) is 0 Å². The quantitative estimate of drug-likeness (QED) is 0.899. The van der Waals surface area contributed by atoms with Crippen molar-refractivity contribution in [3.05, 3.63) is 17.3 Å². The number of rotatable bonds is 5. The van der Waals surface area contributed by atoms with Crippen LogP contribution < -0.4 is 5.32 Å². The fourth-order valence-electron chi connectivity index (χ4n) is 2.19. The summed E-state index contributed by atoms with van der Waals surface area (Å²) in [6.07, 6.45) is 2.52. The summed E-state index contributed by atoms with van der Waals surface area (Å²) in [6.45, 7) is 2.74. The van der Waals surface area contributed by atoms with Gasteiger partial charge >= 0.3 is 0 Å². The summed E-state index contributed by atoms with van der Waals surface area (Å²) in [7, 11) is 1.90. The lowest BCUT2D eigenvalue weighted by atomic mass is 10.2. The molecule has 1 aliphatic carbocycles. The number of fused-ring (bicyclic) bond motifs is 1. The highest BCUT2D eigenvalue weighted by atomic mass is 32.1. The molecular weight excluding hydrogens is 246 g/mol. The minimum absolute atomic E-state index is 0.0635. The summed E-state index contributed by atoms with van der Waals surface area (Å²) in [5, 5.41) is 6.30. The van der Waals surface area contributed by atoms with Crippen LogP contribution in [0.4, 0.5) is 5.82 Å². The van der Waals surface area contributed by atoms with Crippen LogP contribution in [0.3, 0.4) is 0 Å². The molecule has 3 rings (SSSR count). The molecule has 4 nitrogen and oxygen atoms in total. The van der Waals surface area contributed by atoms with Crippen molar-refractivity contribution in [2.24, 2.45) is 5.92 Å². The number of nitrogens with zero attached hydrogens (tertiary/aromatic N) is 2. The molecule has 0 bridgehead atoms. The van der Waals surface area contributed by atoms with E-state index in [1.54, 1.807) is 11.3 Å². The van der Waals surface area contributed by atoms with Gasteiger partial charge in [0.2, 0.25) is 0 Å². The van der Waals surface area contributed by atoms with E-state index in [9.17, 15) is 0 Å². The van der Waals surface area contributed by atoms with E-state index >= 15 is 0 Å². The van der Waals surface area contributed by atoms with E-state index in [0.717, 1.165) is 21.9 Å². The normalized spacial score (nSPS) is 17.0. The standard InChI is InChI=1S/C13H17N3OS/c1-3-17-10(8-4-5-8)12-15-11(14-2)9-6-7-18-13(9)16-12/h6-8,10H,3-5H2,1-2H3,(H,14,15,16). The molecule has 5 heteroatoms. The third-order valence-corrected chi connectivity index (χ3v) is 4.04. The second-order valence-corrected chi connectivity index (χ2v) is 5.43. The van der Waals surface area contributed by atoms with Crippen molar-refractivity contribution in [2.45, 2.75) is 25.9 Å². The first-order valence-electron chi connectivity index (χ1n) is 6.38. The molecule has 1 saturated carbocycles. The third kappa shape index (κ3) is 2.08. The van der Waals surface area contributed by atoms with Crippen LogP contribution in [-0.4, -0.2) is 23.6 Å². The predicted molar refractivity (Wildman–Crippen MR) is 74.1 cm³/mol. The number of aromatic nitrogens is 2. The monoisotopic (exact) mass is 263 g/mol. The number of anilines is 1. The molecule has 2 heterocycles. The first kappa shape index (κ1) is 11.9. The van der Waals surface area contributed by atoms with Crippen molar-refractivity contribution < 1.29 is 4.74 Å². The lowest BCUT2D eigenvalue weighted by Crippen LogP contribution is -2.12. The van der Waals surface area contributed by atoms with Crippen molar-refractivity contribution in [2.75, 3.05) is 19.0 Å². The Morgan fingerprint density at radius 3 is 3.00 bits per heavy atom. The molecule has 0 radical (unpaired) electrons. The second kappa shape index (κ2) is 4.82. The Labute approximate surface area is 110 Å². The van der Waals surface area contributed by atoms with Gasteiger partial charge in [0.1, 0.15) is 16.8 Å². The molecule has 1 N–H and O–H groups in total. The molecule has 1 unspecified atom stereocenters. The number of thiophene rings is 1. The van der Waals surface area contributed by atoms with Crippen LogP contribution in [0.15, 0.2) is 11.4 Å². The molecule has 1 atom stereocenters. The molecular formula is C13H17N3OS. The highest BCUT2D eigenvalue weighted by Gasteiger charge is 2.35. The largest absolute Gasteiger partial charge is 0.372 e. The summed E-state index contributed by atoms with van der Waals surface area (Å²) < 4.78 is 5.83. The Morgan fingerprint density at radius 2 is 2.33 bits per heavy atom. The number of hydrogen-bond donors (Lipinski definition) is 1. The molecule has 1 fully saturated rings. The van der Waals surface area contributed by atoms with E-state index in [1.807, 2.05) is 14.0 Å². The molecule has 96 valence electrons. The van der Waals surface area contributed by atoms with Crippen molar-refractivity contribution in [3.63, 3.8) is 0 Å². The molecule has 1 aliphatic rings. The summed E-state index contributed by atoms with van der Waals surface area (Å²) in [4.78, 5) is 10.3. The molecule has 0 aliphatic heterocycles. The van der Waals surface area contributed by atoms with Gasteiger partial charge in [0.05, 0.1) is 5.39 Å². The van der Waals surface area contributed by atoms with Crippen molar-refractivity contribution in [1.82, 2.24) is 9.97 Å². The first-order valence-corrected chi connectivity index (χ1v) is 7.26. The highest BCUT2D eigenvalue weighted by Crippen LogP contribution is 2.43. The summed E-state index contributed by atoms with van der Waals surface area (Å²) in [6, 6.07) is 2.06. The SMILES string of the molecule is CCOC(c1nc(NC)c2ccsc2n1)C1CC1. The van der Waals surface area contributed by atoms with Crippen molar-refractivity contribution in [3.8, 4) is 0 Å². The van der Waals surface area contributed by atoms with Crippen LogP contribution in [0.1, 0.15) is 31.7 Å². The fourth-order valence-corrected chi connectivity index (χ4v) is 2.96. The van der Waals surface area contributed by atoms with Gasteiger partial charge in [-0.25, -0.2) is 9.97 Å². The summed E-state index contributed by atoms with van der Waals surface area (Å²) in [5.41, 5.74) is 0.